The Hall–Kier alpha value is -1.40. The van der Waals surface area contributed by atoms with Crippen molar-refractivity contribution in [3.63, 3.8) is 0 Å². The molecule has 2 aliphatic rings. The first-order valence-corrected chi connectivity index (χ1v) is 7.95. The fraction of sp³-hybridized carbons (Fsp3) is 0.733. The van der Waals surface area contributed by atoms with E-state index in [1.165, 1.54) is 6.42 Å². The molecule has 2 aliphatic heterocycles. The van der Waals surface area contributed by atoms with Crippen LogP contribution in [-0.2, 0) is 11.8 Å². The van der Waals surface area contributed by atoms with Gasteiger partial charge in [0.2, 0.25) is 5.91 Å². The Morgan fingerprint density at radius 2 is 2.14 bits per heavy atom. The number of aromatic nitrogens is 2. The predicted molar refractivity (Wildman–Crippen MR) is 80.8 cm³/mol. The summed E-state index contributed by atoms with van der Waals surface area (Å²) in [6.07, 6.45) is 7.35. The van der Waals surface area contributed by atoms with Crippen LogP contribution in [0.15, 0.2) is 12.4 Å². The van der Waals surface area contributed by atoms with Crippen LogP contribution in [0.5, 0.6) is 0 Å². The second-order valence-corrected chi connectivity index (χ2v) is 6.03. The van der Waals surface area contributed by atoms with Crippen LogP contribution in [0.1, 0.15) is 31.1 Å². The highest BCUT2D eigenvalue weighted by molar-refractivity contribution is 5.78. The summed E-state index contributed by atoms with van der Waals surface area (Å²) in [7, 11) is 2.02. The van der Waals surface area contributed by atoms with Crippen molar-refractivity contribution in [2.45, 2.75) is 25.3 Å². The van der Waals surface area contributed by atoms with Gasteiger partial charge >= 0.3 is 0 Å². The Bertz CT molecular complexity index is 480. The summed E-state index contributed by atoms with van der Waals surface area (Å²) in [6.45, 7) is 5.07. The van der Waals surface area contributed by atoms with Gasteiger partial charge in [-0.1, -0.05) is 0 Å². The zero-order chi connectivity index (χ0) is 14.7. The molecule has 3 heterocycles. The first-order valence-electron chi connectivity index (χ1n) is 7.95. The molecule has 0 spiro atoms. The van der Waals surface area contributed by atoms with Gasteiger partial charge < -0.3 is 14.8 Å². The highest BCUT2D eigenvalue weighted by atomic mass is 16.2. The van der Waals surface area contributed by atoms with Crippen LogP contribution in [0.2, 0.25) is 0 Å². The monoisotopic (exact) mass is 291 g/mol. The van der Waals surface area contributed by atoms with E-state index in [0.29, 0.717) is 6.54 Å². The molecule has 2 saturated heterocycles. The van der Waals surface area contributed by atoms with E-state index >= 15 is 0 Å². The van der Waals surface area contributed by atoms with E-state index < -0.39 is 0 Å². The Morgan fingerprint density at radius 3 is 2.86 bits per heavy atom. The topological polar surface area (TPSA) is 53.4 Å². The van der Waals surface area contributed by atoms with Gasteiger partial charge in [0.1, 0.15) is 5.82 Å². The lowest BCUT2D eigenvalue weighted by atomic mass is 10.1. The molecule has 0 radical (unpaired) electrons. The lowest BCUT2D eigenvalue weighted by Gasteiger charge is -2.37. The predicted octanol–water partition coefficient (Wildman–Crippen LogP) is 0.379. The lowest BCUT2D eigenvalue weighted by molar-refractivity contribution is -0.134. The van der Waals surface area contributed by atoms with Crippen LogP contribution >= 0.6 is 0 Å². The summed E-state index contributed by atoms with van der Waals surface area (Å²) in [5, 5.41) is 3.41. The standard InChI is InChI=1S/C15H25N5O/c1-18-9-6-17-15(18)13-11-16-5-10-20(13)12-14(21)19-7-3-2-4-8-19/h6,9,13,16H,2-5,7-8,10-12H2,1H3. The number of imidazole rings is 1. The molecule has 0 aromatic carbocycles. The maximum atomic E-state index is 12.5. The van der Waals surface area contributed by atoms with Crippen molar-refractivity contribution >= 4 is 5.91 Å². The minimum absolute atomic E-state index is 0.187. The second-order valence-electron chi connectivity index (χ2n) is 6.03. The van der Waals surface area contributed by atoms with E-state index in [2.05, 4.69) is 19.8 Å². The molecule has 1 amide bonds. The smallest absolute Gasteiger partial charge is 0.236 e. The number of piperidine rings is 1. The minimum atomic E-state index is 0.187. The normalized spacial score (nSPS) is 24.2. The van der Waals surface area contributed by atoms with Gasteiger partial charge in [0.05, 0.1) is 12.6 Å². The number of rotatable bonds is 3. The third-order valence-corrected chi connectivity index (χ3v) is 4.56. The fourth-order valence-electron chi connectivity index (χ4n) is 3.31. The van der Waals surface area contributed by atoms with Gasteiger partial charge in [-0.15, -0.1) is 0 Å². The first kappa shape index (κ1) is 14.5. The fourth-order valence-corrected chi connectivity index (χ4v) is 3.31. The van der Waals surface area contributed by atoms with Crippen LogP contribution in [-0.4, -0.2) is 64.5 Å². The summed E-state index contributed by atoms with van der Waals surface area (Å²) >= 11 is 0. The Balaban J connectivity index is 1.67. The third-order valence-electron chi connectivity index (χ3n) is 4.56. The van der Waals surface area contributed by atoms with Crippen LogP contribution in [0.3, 0.4) is 0 Å². The molecule has 116 valence electrons. The van der Waals surface area contributed by atoms with E-state index in [1.807, 2.05) is 24.3 Å². The van der Waals surface area contributed by atoms with Crippen LogP contribution < -0.4 is 5.32 Å². The van der Waals surface area contributed by atoms with Crippen molar-refractivity contribution in [3.8, 4) is 0 Å². The van der Waals surface area contributed by atoms with Gasteiger partial charge in [-0.2, -0.15) is 0 Å². The number of nitrogens with zero attached hydrogens (tertiary/aromatic N) is 4. The van der Waals surface area contributed by atoms with Crippen molar-refractivity contribution in [2.75, 3.05) is 39.3 Å². The molecule has 21 heavy (non-hydrogen) atoms. The summed E-state index contributed by atoms with van der Waals surface area (Å²) < 4.78 is 2.05. The molecule has 6 nitrogen and oxygen atoms in total. The van der Waals surface area contributed by atoms with Crippen molar-refractivity contribution < 1.29 is 4.79 Å². The average Bonchev–Trinajstić information content (AvgIpc) is 2.95. The van der Waals surface area contributed by atoms with Crippen molar-refractivity contribution in [1.29, 1.82) is 0 Å². The van der Waals surface area contributed by atoms with Crippen LogP contribution in [0.25, 0.3) is 0 Å². The molecule has 2 fully saturated rings. The molecule has 1 atom stereocenters. The van der Waals surface area contributed by atoms with Gasteiger partial charge in [-0.3, -0.25) is 9.69 Å². The third kappa shape index (κ3) is 3.27. The number of carbonyl (C=O) groups is 1. The molecule has 1 aromatic heterocycles. The average molecular weight is 291 g/mol. The lowest BCUT2D eigenvalue weighted by Crippen LogP contribution is -2.51. The quantitative estimate of drug-likeness (QED) is 0.875. The number of amides is 1. The number of nitrogens with one attached hydrogen (secondary N) is 1. The van der Waals surface area contributed by atoms with E-state index in [9.17, 15) is 4.79 Å². The van der Waals surface area contributed by atoms with Crippen LogP contribution in [0.4, 0.5) is 0 Å². The number of carbonyl (C=O) groups excluding carboxylic acids is 1. The summed E-state index contributed by atoms with van der Waals surface area (Å²) in [6, 6.07) is 0.187. The van der Waals surface area contributed by atoms with Crippen molar-refractivity contribution in [1.82, 2.24) is 24.7 Å². The zero-order valence-electron chi connectivity index (χ0n) is 12.8. The minimum Gasteiger partial charge on any atom is -0.342 e. The molecule has 6 heteroatoms. The number of piperazine rings is 1. The number of hydrogen-bond donors (Lipinski definition) is 1. The van der Waals surface area contributed by atoms with Gasteiger partial charge in [0.15, 0.2) is 0 Å². The SMILES string of the molecule is Cn1ccnc1C1CNCCN1CC(=O)N1CCCCC1. The molecule has 0 aliphatic carbocycles. The Kier molecular flexibility index (Phi) is 4.55. The number of hydrogen-bond acceptors (Lipinski definition) is 4. The molecule has 1 aromatic rings. The maximum absolute atomic E-state index is 12.5. The maximum Gasteiger partial charge on any atom is 0.236 e. The van der Waals surface area contributed by atoms with E-state index in [1.54, 1.807) is 0 Å². The Labute approximate surface area is 126 Å². The molecule has 1 N–H and O–H groups in total. The molecule has 0 saturated carbocycles. The molecular formula is C15H25N5O. The van der Waals surface area contributed by atoms with Crippen molar-refractivity contribution in [2.24, 2.45) is 7.05 Å². The van der Waals surface area contributed by atoms with E-state index in [0.717, 1.165) is 51.4 Å². The Morgan fingerprint density at radius 1 is 1.33 bits per heavy atom. The summed E-state index contributed by atoms with van der Waals surface area (Å²) in [5.74, 6) is 1.31. The highest BCUT2D eigenvalue weighted by Gasteiger charge is 2.29. The molecular weight excluding hydrogens is 266 g/mol. The van der Waals surface area contributed by atoms with Gasteiger partial charge in [0, 0.05) is 52.2 Å². The van der Waals surface area contributed by atoms with Crippen molar-refractivity contribution in [3.05, 3.63) is 18.2 Å². The highest BCUT2D eigenvalue weighted by Crippen LogP contribution is 2.20. The van der Waals surface area contributed by atoms with Crippen LogP contribution in [0, 0.1) is 0 Å². The van der Waals surface area contributed by atoms with Gasteiger partial charge in [-0.25, -0.2) is 4.98 Å². The molecule has 0 bridgehead atoms. The van der Waals surface area contributed by atoms with Gasteiger partial charge in [-0.05, 0) is 19.3 Å². The van der Waals surface area contributed by atoms with Gasteiger partial charge in [0.25, 0.3) is 0 Å². The molecule has 1 unspecified atom stereocenters. The van der Waals surface area contributed by atoms with E-state index in [4.69, 9.17) is 0 Å². The van der Waals surface area contributed by atoms with E-state index in [-0.39, 0.29) is 11.9 Å². The zero-order valence-corrected chi connectivity index (χ0v) is 12.8. The number of likely N-dealkylation sites (tertiary alicyclic amines) is 1. The molecule has 3 rings (SSSR count). The largest absolute Gasteiger partial charge is 0.342 e. The summed E-state index contributed by atoms with van der Waals surface area (Å²) in [4.78, 5) is 21.3. The number of aryl methyl sites for hydroxylation is 1. The second kappa shape index (κ2) is 6.58. The summed E-state index contributed by atoms with van der Waals surface area (Å²) in [5.41, 5.74) is 0. The first-order chi connectivity index (χ1) is 10.3.